The maximum atomic E-state index is 11.1. The van der Waals surface area contributed by atoms with Gasteiger partial charge in [0, 0.05) is 23.1 Å². The highest BCUT2D eigenvalue weighted by Gasteiger charge is 2.13. The molecule has 3 N–H and O–H groups in total. The molecule has 0 aliphatic carbocycles. The molecule has 0 saturated heterocycles. The smallest absolute Gasteiger partial charge is 0.335 e. The highest BCUT2D eigenvalue weighted by Crippen LogP contribution is 2.22. The van der Waals surface area contributed by atoms with Crippen LogP contribution in [0, 0.1) is 13.8 Å². The normalized spacial score (nSPS) is 11.8. The molecule has 2 rings (SSSR count). The molecule has 0 radical (unpaired) electrons. The van der Waals surface area contributed by atoms with Crippen LogP contribution in [0.1, 0.15) is 34.2 Å². The van der Waals surface area contributed by atoms with E-state index in [1.54, 1.807) is 18.2 Å². The summed E-state index contributed by atoms with van der Waals surface area (Å²) in [4.78, 5) is 11.1. The first-order chi connectivity index (χ1) is 9.40. The average molecular weight is 309 g/mol. The molecule has 21 heavy (non-hydrogen) atoms. The van der Waals surface area contributed by atoms with E-state index in [9.17, 15) is 4.79 Å². The minimum Gasteiger partial charge on any atom is -0.478 e. The van der Waals surface area contributed by atoms with E-state index < -0.39 is 5.97 Å². The monoisotopic (exact) mass is 308 g/mol. The van der Waals surface area contributed by atoms with Gasteiger partial charge in [0.25, 0.3) is 0 Å². The molecule has 1 unspecified atom stereocenters. The largest absolute Gasteiger partial charge is 0.478 e. The van der Waals surface area contributed by atoms with Crippen LogP contribution in [-0.4, -0.2) is 21.7 Å². The predicted molar refractivity (Wildman–Crippen MR) is 86.8 cm³/mol. The summed E-state index contributed by atoms with van der Waals surface area (Å²) >= 11 is 0. The molecule has 2 aromatic rings. The Morgan fingerprint density at radius 2 is 2.00 bits per heavy atom. The van der Waals surface area contributed by atoms with Gasteiger partial charge in [-0.3, -0.25) is 0 Å². The number of rotatable bonds is 4. The maximum Gasteiger partial charge on any atom is 0.335 e. The van der Waals surface area contributed by atoms with Crippen LogP contribution >= 0.6 is 12.4 Å². The second-order valence-electron chi connectivity index (χ2n) is 5.27. The highest BCUT2D eigenvalue weighted by molar-refractivity contribution is 5.88. The van der Waals surface area contributed by atoms with Crippen molar-refractivity contribution in [3.63, 3.8) is 0 Å². The molecule has 114 valence electrons. The standard InChI is InChI=1S/C16H20N2O2.ClH/c1-10(17)7-14-8-11(2)18(12(14)3)15-6-4-5-13(9-15)16(19)20;/h4-6,8-10H,7,17H2,1-3H3,(H,19,20);1H. The summed E-state index contributed by atoms with van der Waals surface area (Å²) < 4.78 is 2.07. The summed E-state index contributed by atoms with van der Waals surface area (Å²) in [6, 6.07) is 9.20. The third-order valence-electron chi connectivity index (χ3n) is 3.43. The number of halogens is 1. The number of hydrogen-bond acceptors (Lipinski definition) is 2. The van der Waals surface area contributed by atoms with Gasteiger partial charge >= 0.3 is 5.97 Å². The van der Waals surface area contributed by atoms with E-state index in [0.717, 1.165) is 23.5 Å². The van der Waals surface area contributed by atoms with Crippen molar-refractivity contribution in [1.29, 1.82) is 0 Å². The second kappa shape index (κ2) is 6.78. The van der Waals surface area contributed by atoms with Gasteiger partial charge in [-0.15, -0.1) is 12.4 Å². The first kappa shape index (κ1) is 17.3. The van der Waals surface area contributed by atoms with Gasteiger partial charge in [0.15, 0.2) is 0 Å². The first-order valence-corrected chi connectivity index (χ1v) is 6.67. The number of aromatic carboxylic acids is 1. The lowest BCUT2D eigenvalue weighted by atomic mass is 10.1. The summed E-state index contributed by atoms with van der Waals surface area (Å²) in [5.74, 6) is -0.912. The fourth-order valence-corrected chi connectivity index (χ4v) is 2.56. The molecule has 0 spiro atoms. The lowest BCUT2D eigenvalue weighted by molar-refractivity contribution is 0.0697. The summed E-state index contributed by atoms with van der Waals surface area (Å²) in [6.07, 6.45) is 0.818. The molecule has 0 amide bonds. The van der Waals surface area contributed by atoms with Crippen molar-refractivity contribution in [2.24, 2.45) is 5.73 Å². The van der Waals surface area contributed by atoms with Crippen LogP contribution in [0.15, 0.2) is 30.3 Å². The molecular formula is C16H21ClN2O2. The Kier molecular flexibility index (Phi) is 5.58. The Bertz CT molecular complexity index is 648. The van der Waals surface area contributed by atoms with E-state index in [2.05, 4.69) is 10.6 Å². The molecule has 1 aromatic heterocycles. The summed E-state index contributed by atoms with van der Waals surface area (Å²) in [5, 5.41) is 9.09. The number of nitrogens with two attached hydrogens (primary N) is 1. The molecular weight excluding hydrogens is 288 g/mol. The zero-order valence-electron chi connectivity index (χ0n) is 12.5. The molecule has 4 nitrogen and oxygen atoms in total. The number of nitrogens with zero attached hydrogens (tertiary/aromatic N) is 1. The first-order valence-electron chi connectivity index (χ1n) is 6.67. The van der Waals surface area contributed by atoms with Gasteiger partial charge < -0.3 is 15.4 Å². The second-order valence-corrected chi connectivity index (χ2v) is 5.27. The SMILES string of the molecule is Cc1cc(CC(C)N)c(C)n1-c1cccc(C(=O)O)c1.Cl. The average Bonchev–Trinajstić information content (AvgIpc) is 2.64. The van der Waals surface area contributed by atoms with Crippen molar-refractivity contribution < 1.29 is 9.90 Å². The van der Waals surface area contributed by atoms with Crippen molar-refractivity contribution in [3.05, 3.63) is 52.8 Å². The number of hydrogen-bond donors (Lipinski definition) is 2. The zero-order chi connectivity index (χ0) is 14.9. The molecule has 1 heterocycles. The third-order valence-corrected chi connectivity index (χ3v) is 3.43. The molecule has 1 atom stereocenters. The number of aromatic nitrogens is 1. The zero-order valence-corrected chi connectivity index (χ0v) is 13.3. The Morgan fingerprint density at radius 1 is 1.33 bits per heavy atom. The summed E-state index contributed by atoms with van der Waals surface area (Å²) in [6.45, 7) is 6.04. The fourth-order valence-electron chi connectivity index (χ4n) is 2.56. The van der Waals surface area contributed by atoms with Crippen molar-refractivity contribution >= 4 is 18.4 Å². The molecule has 0 bridgehead atoms. The Labute approximate surface area is 131 Å². The number of carboxylic acids is 1. The van der Waals surface area contributed by atoms with E-state index >= 15 is 0 Å². The molecule has 5 heteroatoms. The van der Waals surface area contributed by atoms with E-state index in [1.807, 2.05) is 26.8 Å². The van der Waals surface area contributed by atoms with Crippen LogP contribution in [0.3, 0.4) is 0 Å². The number of aryl methyl sites for hydroxylation is 1. The van der Waals surface area contributed by atoms with Crippen molar-refractivity contribution in [2.45, 2.75) is 33.2 Å². The fraction of sp³-hybridized carbons (Fsp3) is 0.312. The van der Waals surface area contributed by atoms with Crippen molar-refractivity contribution in [3.8, 4) is 5.69 Å². The van der Waals surface area contributed by atoms with Gasteiger partial charge in [0.2, 0.25) is 0 Å². The molecule has 1 aromatic carbocycles. The summed E-state index contributed by atoms with van der Waals surface area (Å²) in [5.41, 5.74) is 10.4. The van der Waals surface area contributed by atoms with E-state index in [4.69, 9.17) is 10.8 Å². The van der Waals surface area contributed by atoms with Crippen LogP contribution in [0.5, 0.6) is 0 Å². The van der Waals surface area contributed by atoms with Gasteiger partial charge in [-0.25, -0.2) is 4.79 Å². The quantitative estimate of drug-likeness (QED) is 0.912. The number of benzene rings is 1. The Morgan fingerprint density at radius 3 is 2.57 bits per heavy atom. The topological polar surface area (TPSA) is 68.2 Å². The Hall–Kier alpha value is -1.78. The van der Waals surface area contributed by atoms with Crippen molar-refractivity contribution in [1.82, 2.24) is 4.57 Å². The van der Waals surface area contributed by atoms with Gasteiger partial charge in [-0.1, -0.05) is 6.07 Å². The third kappa shape index (κ3) is 3.65. The van der Waals surface area contributed by atoms with Crippen LogP contribution in [-0.2, 0) is 6.42 Å². The predicted octanol–water partition coefficient (Wildman–Crippen LogP) is 3.10. The van der Waals surface area contributed by atoms with Crippen LogP contribution < -0.4 is 5.73 Å². The summed E-state index contributed by atoms with van der Waals surface area (Å²) in [7, 11) is 0. The number of carbonyl (C=O) groups is 1. The minimum absolute atomic E-state index is 0. The molecule has 0 fully saturated rings. The minimum atomic E-state index is -0.912. The van der Waals surface area contributed by atoms with Crippen LogP contribution in [0.25, 0.3) is 5.69 Å². The van der Waals surface area contributed by atoms with Gasteiger partial charge in [0.05, 0.1) is 5.56 Å². The van der Waals surface area contributed by atoms with Gasteiger partial charge in [-0.2, -0.15) is 0 Å². The van der Waals surface area contributed by atoms with Crippen molar-refractivity contribution in [2.75, 3.05) is 0 Å². The number of carboxylic acid groups (broad SMARTS) is 1. The lowest BCUT2D eigenvalue weighted by Crippen LogP contribution is -2.18. The van der Waals surface area contributed by atoms with Crippen LogP contribution in [0.4, 0.5) is 0 Å². The molecule has 0 aliphatic heterocycles. The maximum absolute atomic E-state index is 11.1. The van der Waals surface area contributed by atoms with E-state index in [1.165, 1.54) is 5.56 Å². The van der Waals surface area contributed by atoms with E-state index in [-0.39, 0.29) is 18.4 Å². The lowest BCUT2D eigenvalue weighted by Gasteiger charge is -2.11. The Balaban J connectivity index is 0.00000220. The molecule has 0 saturated carbocycles. The van der Waals surface area contributed by atoms with Gasteiger partial charge in [0.1, 0.15) is 0 Å². The molecule has 0 aliphatic rings. The highest BCUT2D eigenvalue weighted by atomic mass is 35.5. The van der Waals surface area contributed by atoms with E-state index in [0.29, 0.717) is 5.56 Å². The van der Waals surface area contributed by atoms with Gasteiger partial charge in [-0.05, 0) is 57.0 Å². The van der Waals surface area contributed by atoms with Crippen LogP contribution in [0.2, 0.25) is 0 Å².